The number of nitrogens with one attached hydrogen (secondary N) is 3. The van der Waals surface area contributed by atoms with Crippen molar-refractivity contribution in [1.82, 2.24) is 5.32 Å². The topological polar surface area (TPSA) is 53.2 Å². The summed E-state index contributed by atoms with van der Waals surface area (Å²) in [6.45, 7) is 0. The fraction of sp³-hybridized carbons (Fsp3) is 0.0476. The lowest BCUT2D eigenvalue weighted by Gasteiger charge is -2.11. The van der Waals surface area contributed by atoms with Crippen molar-refractivity contribution in [3.63, 3.8) is 0 Å². The molecule has 0 radical (unpaired) electrons. The van der Waals surface area contributed by atoms with Crippen LogP contribution >= 0.6 is 23.8 Å². The second-order valence-electron chi connectivity index (χ2n) is 5.87. The van der Waals surface area contributed by atoms with Crippen molar-refractivity contribution < 1.29 is 4.79 Å². The molecule has 0 spiro atoms. The molecule has 0 saturated carbocycles. The number of rotatable bonds is 5. The van der Waals surface area contributed by atoms with Crippen molar-refractivity contribution in [2.24, 2.45) is 0 Å². The molecule has 0 aromatic heterocycles. The highest BCUT2D eigenvalue weighted by Gasteiger charge is 2.06. The standard InChI is InChI=1S/C21H18ClN3OS/c22-16-8-6-15(7-9-16)14-20(26)25-21(27)24-19-12-10-18(11-13-19)23-17-4-2-1-3-5-17/h1-13,23H,14H2,(H2,24,25,26,27). The number of halogens is 1. The molecular weight excluding hydrogens is 378 g/mol. The van der Waals surface area contributed by atoms with Gasteiger partial charge in [-0.15, -0.1) is 0 Å². The Bertz CT molecular complexity index is 912. The van der Waals surface area contributed by atoms with E-state index < -0.39 is 0 Å². The molecule has 27 heavy (non-hydrogen) atoms. The first-order valence-electron chi connectivity index (χ1n) is 8.36. The molecule has 0 heterocycles. The predicted octanol–water partition coefficient (Wildman–Crippen LogP) is 5.14. The van der Waals surface area contributed by atoms with Crippen LogP contribution in [-0.4, -0.2) is 11.0 Å². The Kier molecular flexibility index (Phi) is 6.41. The molecule has 136 valence electrons. The molecule has 4 nitrogen and oxygen atoms in total. The normalized spacial score (nSPS) is 10.1. The molecule has 0 saturated heterocycles. The zero-order valence-electron chi connectivity index (χ0n) is 14.4. The van der Waals surface area contributed by atoms with Crippen molar-refractivity contribution in [2.75, 3.05) is 10.6 Å². The summed E-state index contributed by atoms with van der Waals surface area (Å²) in [5.41, 5.74) is 3.65. The summed E-state index contributed by atoms with van der Waals surface area (Å²) in [5.74, 6) is -0.183. The van der Waals surface area contributed by atoms with Crippen LogP contribution in [0.3, 0.4) is 0 Å². The van der Waals surface area contributed by atoms with Gasteiger partial charge in [-0.2, -0.15) is 0 Å². The highest BCUT2D eigenvalue weighted by atomic mass is 35.5. The van der Waals surface area contributed by atoms with Crippen LogP contribution < -0.4 is 16.0 Å². The van der Waals surface area contributed by atoms with Gasteiger partial charge >= 0.3 is 0 Å². The zero-order valence-corrected chi connectivity index (χ0v) is 16.0. The van der Waals surface area contributed by atoms with E-state index in [2.05, 4.69) is 16.0 Å². The molecule has 0 aliphatic rings. The van der Waals surface area contributed by atoms with Crippen LogP contribution in [0.5, 0.6) is 0 Å². The quantitative estimate of drug-likeness (QED) is 0.523. The number of thiocarbonyl (C=S) groups is 1. The van der Waals surface area contributed by atoms with E-state index in [1.54, 1.807) is 12.1 Å². The number of hydrogen-bond acceptors (Lipinski definition) is 3. The fourth-order valence-electron chi connectivity index (χ4n) is 2.45. The third-order valence-electron chi connectivity index (χ3n) is 3.74. The fourth-order valence-corrected chi connectivity index (χ4v) is 2.80. The lowest BCUT2D eigenvalue weighted by molar-refractivity contribution is -0.119. The van der Waals surface area contributed by atoms with Crippen LogP contribution in [0.2, 0.25) is 5.02 Å². The Balaban J connectivity index is 1.50. The highest BCUT2D eigenvalue weighted by Crippen LogP contribution is 2.18. The lowest BCUT2D eigenvalue weighted by Crippen LogP contribution is -2.35. The Hall–Kier alpha value is -2.89. The number of benzene rings is 3. The molecule has 3 aromatic carbocycles. The third kappa shape index (κ3) is 6.09. The monoisotopic (exact) mass is 395 g/mol. The van der Waals surface area contributed by atoms with Crippen LogP contribution in [0.1, 0.15) is 5.56 Å². The number of carbonyl (C=O) groups excluding carboxylic acids is 1. The van der Waals surface area contributed by atoms with Gasteiger partial charge in [-0.1, -0.05) is 41.9 Å². The molecule has 6 heteroatoms. The Morgan fingerprint density at radius 3 is 2.07 bits per heavy atom. The number of anilines is 3. The smallest absolute Gasteiger partial charge is 0.230 e. The molecule has 3 N–H and O–H groups in total. The summed E-state index contributed by atoms with van der Waals surface area (Å²) >= 11 is 11.1. The largest absolute Gasteiger partial charge is 0.356 e. The van der Waals surface area contributed by atoms with Gasteiger partial charge in [0, 0.05) is 22.1 Å². The Labute approximate surface area is 168 Å². The summed E-state index contributed by atoms with van der Waals surface area (Å²) in [6, 6.07) is 24.7. The van der Waals surface area contributed by atoms with Crippen LogP contribution in [0.4, 0.5) is 17.1 Å². The first-order valence-corrected chi connectivity index (χ1v) is 9.14. The van der Waals surface area contributed by atoms with Gasteiger partial charge in [0.05, 0.1) is 6.42 Å². The van der Waals surface area contributed by atoms with E-state index in [9.17, 15) is 4.79 Å². The molecule has 1 amide bonds. The molecule has 0 aliphatic carbocycles. The molecule has 0 atom stereocenters. The van der Waals surface area contributed by atoms with E-state index in [1.807, 2.05) is 66.7 Å². The second-order valence-corrected chi connectivity index (χ2v) is 6.72. The maximum absolute atomic E-state index is 12.1. The Morgan fingerprint density at radius 1 is 0.815 bits per heavy atom. The van der Waals surface area contributed by atoms with E-state index in [0.717, 1.165) is 22.6 Å². The first-order chi connectivity index (χ1) is 13.1. The minimum Gasteiger partial charge on any atom is -0.356 e. The lowest BCUT2D eigenvalue weighted by atomic mass is 10.1. The van der Waals surface area contributed by atoms with Gasteiger partial charge in [-0.05, 0) is 66.3 Å². The summed E-state index contributed by atoms with van der Waals surface area (Å²) in [6.07, 6.45) is 0.235. The summed E-state index contributed by atoms with van der Waals surface area (Å²) in [5, 5.41) is 9.90. The van der Waals surface area contributed by atoms with Crippen LogP contribution in [0, 0.1) is 0 Å². The maximum Gasteiger partial charge on any atom is 0.230 e. The van der Waals surface area contributed by atoms with Crippen molar-refractivity contribution in [3.8, 4) is 0 Å². The number of para-hydroxylation sites is 1. The molecular formula is C21H18ClN3OS. The average molecular weight is 396 g/mol. The van der Waals surface area contributed by atoms with E-state index in [4.69, 9.17) is 23.8 Å². The van der Waals surface area contributed by atoms with Gasteiger partial charge in [0.1, 0.15) is 0 Å². The van der Waals surface area contributed by atoms with Crippen molar-refractivity contribution >= 4 is 51.9 Å². The van der Waals surface area contributed by atoms with Crippen LogP contribution in [0.25, 0.3) is 0 Å². The van der Waals surface area contributed by atoms with Gasteiger partial charge in [0.25, 0.3) is 0 Å². The van der Waals surface area contributed by atoms with Crippen molar-refractivity contribution in [2.45, 2.75) is 6.42 Å². The molecule has 0 unspecified atom stereocenters. The molecule has 0 fully saturated rings. The van der Waals surface area contributed by atoms with Crippen LogP contribution in [0.15, 0.2) is 78.9 Å². The highest BCUT2D eigenvalue weighted by molar-refractivity contribution is 7.80. The molecule has 3 aromatic rings. The van der Waals surface area contributed by atoms with Gasteiger partial charge < -0.3 is 16.0 Å². The summed E-state index contributed by atoms with van der Waals surface area (Å²) in [7, 11) is 0. The van der Waals surface area contributed by atoms with Gasteiger partial charge in [-0.25, -0.2) is 0 Å². The average Bonchev–Trinajstić information content (AvgIpc) is 2.66. The number of carbonyl (C=O) groups is 1. The first kappa shape index (κ1) is 18.9. The molecule has 0 bridgehead atoms. The predicted molar refractivity (Wildman–Crippen MR) is 116 cm³/mol. The number of amides is 1. The SMILES string of the molecule is O=C(Cc1ccc(Cl)cc1)NC(=S)Nc1ccc(Nc2ccccc2)cc1. The van der Waals surface area contributed by atoms with Gasteiger partial charge in [-0.3, -0.25) is 4.79 Å². The third-order valence-corrected chi connectivity index (χ3v) is 4.19. The second kappa shape index (κ2) is 9.16. The van der Waals surface area contributed by atoms with E-state index in [-0.39, 0.29) is 17.4 Å². The summed E-state index contributed by atoms with van der Waals surface area (Å²) < 4.78 is 0. The summed E-state index contributed by atoms with van der Waals surface area (Å²) in [4.78, 5) is 12.1. The Morgan fingerprint density at radius 2 is 1.41 bits per heavy atom. The van der Waals surface area contributed by atoms with E-state index in [1.165, 1.54) is 0 Å². The van der Waals surface area contributed by atoms with E-state index in [0.29, 0.717) is 5.02 Å². The minimum atomic E-state index is -0.183. The maximum atomic E-state index is 12.1. The number of hydrogen-bond donors (Lipinski definition) is 3. The molecule has 0 aliphatic heterocycles. The minimum absolute atomic E-state index is 0.183. The van der Waals surface area contributed by atoms with Crippen LogP contribution in [-0.2, 0) is 11.2 Å². The van der Waals surface area contributed by atoms with E-state index >= 15 is 0 Å². The zero-order chi connectivity index (χ0) is 19.1. The van der Waals surface area contributed by atoms with Gasteiger partial charge in [0.15, 0.2) is 5.11 Å². The van der Waals surface area contributed by atoms with Gasteiger partial charge in [0.2, 0.25) is 5.91 Å². The van der Waals surface area contributed by atoms with Crippen molar-refractivity contribution in [3.05, 3.63) is 89.4 Å². The molecule has 3 rings (SSSR count). The van der Waals surface area contributed by atoms with Crippen molar-refractivity contribution in [1.29, 1.82) is 0 Å².